The summed E-state index contributed by atoms with van der Waals surface area (Å²) in [4.78, 5) is 8.70. The van der Waals surface area contributed by atoms with Crippen molar-refractivity contribution < 1.29 is 9.47 Å². The fourth-order valence-corrected chi connectivity index (χ4v) is 1.85. The lowest BCUT2D eigenvalue weighted by atomic mass is 10.1. The molecule has 0 bridgehead atoms. The zero-order valence-corrected chi connectivity index (χ0v) is 10.4. The second-order valence-corrected chi connectivity index (χ2v) is 4.14. The lowest BCUT2D eigenvalue weighted by Crippen LogP contribution is -2.28. The molecule has 1 aliphatic heterocycles. The average molecular weight is 237 g/mol. The largest absolute Gasteiger partial charge is 0.478 e. The summed E-state index contributed by atoms with van der Waals surface area (Å²) >= 11 is 0. The minimum Gasteiger partial charge on any atom is -0.478 e. The van der Waals surface area contributed by atoms with E-state index in [1.54, 1.807) is 0 Å². The maximum atomic E-state index is 5.40. The van der Waals surface area contributed by atoms with Crippen LogP contribution < -0.4 is 10.1 Å². The van der Waals surface area contributed by atoms with Gasteiger partial charge in [-0.2, -0.15) is 4.98 Å². The Hall–Kier alpha value is -1.36. The van der Waals surface area contributed by atoms with Crippen molar-refractivity contribution in [3.05, 3.63) is 11.8 Å². The number of hydrogen-bond donors (Lipinski definition) is 1. The zero-order chi connectivity index (χ0) is 12.1. The molecule has 94 valence electrons. The number of aromatic nitrogens is 2. The van der Waals surface area contributed by atoms with Crippen molar-refractivity contribution in [2.75, 3.05) is 25.1 Å². The van der Waals surface area contributed by atoms with Gasteiger partial charge in [0.1, 0.15) is 0 Å². The molecule has 0 aliphatic carbocycles. The summed E-state index contributed by atoms with van der Waals surface area (Å²) in [5, 5.41) is 3.34. The van der Waals surface area contributed by atoms with Gasteiger partial charge in [0.25, 0.3) is 0 Å². The lowest BCUT2D eigenvalue weighted by Gasteiger charge is -2.23. The Balaban J connectivity index is 2.03. The van der Waals surface area contributed by atoms with E-state index in [0.29, 0.717) is 24.5 Å². The summed E-state index contributed by atoms with van der Waals surface area (Å²) in [7, 11) is 0. The summed E-state index contributed by atoms with van der Waals surface area (Å²) in [5.41, 5.74) is 0.915. The molecule has 0 spiro atoms. The quantitative estimate of drug-likeness (QED) is 0.865. The van der Waals surface area contributed by atoms with Crippen LogP contribution in [0.1, 0.15) is 25.5 Å². The van der Waals surface area contributed by atoms with Gasteiger partial charge >= 0.3 is 0 Å². The van der Waals surface area contributed by atoms with Crippen LogP contribution in [0.15, 0.2) is 6.07 Å². The number of rotatable bonds is 4. The van der Waals surface area contributed by atoms with Crippen LogP contribution in [0.2, 0.25) is 0 Å². The molecule has 0 saturated carbocycles. The van der Waals surface area contributed by atoms with E-state index in [9.17, 15) is 0 Å². The van der Waals surface area contributed by atoms with Gasteiger partial charge in [0.05, 0.1) is 6.61 Å². The fourth-order valence-electron chi connectivity index (χ4n) is 1.85. The van der Waals surface area contributed by atoms with Crippen LogP contribution in [0.25, 0.3) is 0 Å². The Bertz CT molecular complexity index is 365. The number of ether oxygens (including phenoxy) is 2. The number of hydrogen-bond acceptors (Lipinski definition) is 5. The molecular weight excluding hydrogens is 218 g/mol. The lowest BCUT2D eigenvalue weighted by molar-refractivity contribution is 0.0903. The molecule has 1 aromatic heterocycles. The van der Waals surface area contributed by atoms with Crippen molar-refractivity contribution in [2.24, 2.45) is 0 Å². The monoisotopic (exact) mass is 237 g/mol. The number of anilines is 1. The molecule has 2 rings (SSSR count). The molecular formula is C12H19N3O2. The topological polar surface area (TPSA) is 56.3 Å². The molecule has 1 fully saturated rings. The van der Waals surface area contributed by atoms with E-state index in [0.717, 1.165) is 31.7 Å². The van der Waals surface area contributed by atoms with Crippen molar-refractivity contribution in [3.8, 4) is 5.88 Å². The molecule has 1 aromatic rings. The first-order chi connectivity index (χ1) is 8.28. The summed E-state index contributed by atoms with van der Waals surface area (Å²) < 4.78 is 10.7. The van der Waals surface area contributed by atoms with Gasteiger partial charge in [-0.3, -0.25) is 0 Å². The van der Waals surface area contributed by atoms with Gasteiger partial charge in [-0.05, 0) is 26.7 Å². The molecule has 1 N–H and O–H groups in total. The second kappa shape index (κ2) is 5.82. The maximum absolute atomic E-state index is 5.40. The molecule has 5 heteroatoms. The summed E-state index contributed by atoms with van der Waals surface area (Å²) in [6.07, 6.45) is 2.00. The molecule has 2 heterocycles. The van der Waals surface area contributed by atoms with Gasteiger partial charge in [0, 0.05) is 31.0 Å². The average Bonchev–Trinajstić information content (AvgIpc) is 2.30. The zero-order valence-electron chi connectivity index (χ0n) is 10.4. The standard InChI is InChI=1S/C12H19N3O2/c1-3-17-11-8-9(2)13-12(15-11)14-10-4-6-16-7-5-10/h8,10H,3-7H2,1-2H3,(H,13,14,15). The van der Waals surface area contributed by atoms with Crippen LogP contribution in [0, 0.1) is 6.92 Å². The Labute approximate surface area is 102 Å². The Kier molecular flexibility index (Phi) is 4.14. The van der Waals surface area contributed by atoms with Crippen molar-refractivity contribution in [3.63, 3.8) is 0 Å². The van der Waals surface area contributed by atoms with Crippen LogP contribution in [0.5, 0.6) is 5.88 Å². The predicted octanol–water partition coefficient (Wildman–Crippen LogP) is 1.77. The third kappa shape index (κ3) is 3.56. The van der Waals surface area contributed by atoms with Gasteiger partial charge in [-0.1, -0.05) is 0 Å². The highest BCUT2D eigenvalue weighted by Gasteiger charge is 2.15. The Morgan fingerprint density at radius 3 is 2.88 bits per heavy atom. The molecule has 1 saturated heterocycles. The van der Waals surface area contributed by atoms with E-state index >= 15 is 0 Å². The SMILES string of the molecule is CCOc1cc(C)nc(NC2CCOCC2)n1. The molecule has 1 aliphatic rings. The first-order valence-electron chi connectivity index (χ1n) is 6.10. The summed E-state index contributed by atoms with van der Waals surface area (Å²) in [5.74, 6) is 1.29. The highest BCUT2D eigenvalue weighted by atomic mass is 16.5. The highest BCUT2D eigenvalue weighted by Crippen LogP contribution is 2.15. The third-order valence-electron chi connectivity index (χ3n) is 2.68. The summed E-state index contributed by atoms with van der Waals surface area (Å²) in [6, 6.07) is 2.25. The number of aryl methyl sites for hydroxylation is 1. The van der Waals surface area contributed by atoms with Crippen molar-refractivity contribution in [1.29, 1.82) is 0 Å². The molecule has 0 unspecified atom stereocenters. The van der Waals surface area contributed by atoms with Gasteiger partial charge in [0.15, 0.2) is 0 Å². The van der Waals surface area contributed by atoms with Crippen molar-refractivity contribution in [2.45, 2.75) is 32.7 Å². The van der Waals surface area contributed by atoms with E-state index in [-0.39, 0.29) is 0 Å². The van der Waals surface area contributed by atoms with Crippen LogP contribution >= 0.6 is 0 Å². The van der Waals surface area contributed by atoms with E-state index in [1.807, 2.05) is 19.9 Å². The van der Waals surface area contributed by atoms with Crippen LogP contribution in [-0.2, 0) is 4.74 Å². The second-order valence-electron chi connectivity index (χ2n) is 4.14. The van der Waals surface area contributed by atoms with Crippen molar-refractivity contribution >= 4 is 5.95 Å². The van der Waals surface area contributed by atoms with Gasteiger partial charge in [-0.15, -0.1) is 0 Å². The van der Waals surface area contributed by atoms with E-state index in [4.69, 9.17) is 9.47 Å². The Morgan fingerprint density at radius 1 is 1.41 bits per heavy atom. The van der Waals surface area contributed by atoms with Crippen LogP contribution in [-0.4, -0.2) is 35.8 Å². The molecule has 0 aromatic carbocycles. The highest BCUT2D eigenvalue weighted by molar-refractivity contribution is 5.31. The van der Waals surface area contributed by atoms with Gasteiger partial charge < -0.3 is 14.8 Å². The minimum absolute atomic E-state index is 0.403. The number of nitrogens with zero attached hydrogens (tertiary/aromatic N) is 2. The molecule has 0 amide bonds. The Morgan fingerprint density at radius 2 is 2.18 bits per heavy atom. The van der Waals surface area contributed by atoms with E-state index < -0.39 is 0 Å². The first kappa shape index (κ1) is 12.1. The summed E-state index contributed by atoms with van der Waals surface area (Å²) in [6.45, 7) is 6.12. The molecule has 0 atom stereocenters. The third-order valence-corrected chi connectivity index (χ3v) is 2.68. The van der Waals surface area contributed by atoms with Gasteiger partial charge in [0.2, 0.25) is 11.8 Å². The normalized spacial score (nSPS) is 16.8. The smallest absolute Gasteiger partial charge is 0.226 e. The van der Waals surface area contributed by atoms with Gasteiger partial charge in [-0.25, -0.2) is 4.98 Å². The predicted molar refractivity (Wildman–Crippen MR) is 65.4 cm³/mol. The van der Waals surface area contributed by atoms with Crippen molar-refractivity contribution in [1.82, 2.24) is 9.97 Å². The fraction of sp³-hybridized carbons (Fsp3) is 0.667. The van der Waals surface area contributed by atoms with E-state index in [2.05, 4.69) is 15.3 Å². The first-order valence-corrected chi connectivity index (χ1v) is 6.10. The number of nitrogens with one attached hydrogen (secondary N) is 1. The molecule has 17 heavy (non-hydrogen) atoms. The molecule has 0 radical (unpaired) electrons. The van der Waals surface area contributed by atoms with Crippen LogP contribution in [0.4, 0.5) is 5.95 Å². The van der Waals surface area contributed by atoms with Crippen LogP contribution in [0.3, 0.4) is 0 Å². The maximum Gasteiger partial charge on any atom is 0.226 e. The van der Waals surface area contributed by atoms with E-state index in [1.165, 1.54) is 0 Å². The minimum atomic E-state index is 0.403. The molecule has 5 nitrogen and oxygen atoms in total.